The number of aryl methyl sites for hydroxylation is 1. The average Bonchev–Trinajstić information content (AvgIpc) is 2.73. The van der Waals surface area contributed by atoms with Crippen LogP contribution in [0.15, 0.2) is 6.20 Å². The van der Waals surface area contributed by atoms with Crippen LogP contribution in [0.2, 0.25) is 0 Å². The Kier molecular flexibility index (Phi) is 3.78. The fourth-order valence-electron chi connectivity index (χ4n) is 2.37. The van der Waals surface area contributed by atoms with E-state index in [0.717, 1.165) is 20.7 Å². The summed E-state index contributed by atoms with van der Waals surface area (Å²) in [7, 11) is -1.28. The molecule has 0 spiro atoms. The van der Waals surface area contributed by atoms with E-state index in [0.29, 0.717) is 26.2 Å². The van der Waals surface area contributed by atoms with Gasteiger partial charge < -0.3 is 4.90 Å². The quantitative estimate of drug-likeness (QED) is 0.637. The van der Waals surface area contributed by atoms with Gasteiger partial charge in [-0.25, -0.2) is 23.1 Å². The molecule has 1 aliphatic rings. The minimum absolute atomic E-state index is 0.474. The Morgan fingerprint density at radius 3 is 2.52 bits per heavy atom. The molecule has 0 aliphatic carbocycles. The molecule has 2 aromatic heterocycles. The van der Waals surface area contributed by atoms with Crippen molar-refractivity contribution in [1.29, 1.82) is 0 Å². The van der Waals surface area contributed by atoms with Crippen molar-refractivity contribution in [1.82, 2.24) is 24.1 Å². The van der Waals surface area contributed by atoms with Gasteiger partial charge >= 0.3 is 0 Å². The standard InChI is InChI=1S/C11H15IN6O2S/c1-16-11-9(10(12)15-16)13-7-8(14-11)17-3-5-18(6-4-17)21(2,19)20/h7H,3-6H2,1-2H3. The van der Waals surface area contributed by atoms with Gasteiger partial charge in [0.15, 0.2) is 9.35 Å². The Morgan fingerprint density at radius 2 is 1.90 bits per heavy atom. The van der Waals surface area contributed by atoms with E-state index in [-0.39, 0.29) is 0 Å². The number of sulfonamides is 1. The van der Waals surface area contributed by atoms with Crippen molar-refractivity contribution in [3.63, 3.8) is 0 Å². The van der Waals surface area contributed by atoms with Gasteiger partial charge in [-0.1, -0.05) is 0 Å². The van der Waals surface area contributed by atoms with Crippen molar-refractivity contribution in [2.45, 2.75) is 0 Å². The highest BCUT2D eigenvalue weighted by atomic mass is 127. The summed E-state index contributed by atoms with van der Waals surface area (Å²) in [6, 6.07) is 0. The van der Waals surface area contributed by atoms with Crippen LogP contribution in [-0.2, 0) is 17.1 Å². The van der Waals surface area contributed by atoms with Crippen LogP contribution in [0.25, 0.3) is 11.2 Å². The maximum absolute atomic E-state index is 11.5. The van der Waals surface area contributed by atoms with Gasteiger partial charge in [0.25, 0.3) is 0 Å². The van der Waals surface area contributed by atoms with Crippen molar-refractivity contribution in [3.05, 3.63) is 9.90 Å². The summed E-state index contributed by atoms with van der Waals surface area (Å²) in [5.74, 6) is 0.759. The normalized spacial score (nSPS) is 17.6. The van der Waals surface area contributed by atoms with E-state index in [1.807, 2.05) is 11.9 Å². The first-order valence-corrected chi connectivity index (χ1v) is 9.34. The highest BCUT2D eigenvalue weighted by molar-refractivity contribution is 14.1. The van der Waals surface area contributed by atoms with Crippen molar-refractivity contribution in [3.8, 4) is 0 Å². The van der Waals surface area contributed by atoms with Gasteiger partial charge in [-0.15, -0.1) is 0 Å². The minimum Gasteiger partial charge on any atom is -0.353 e. The van der Waals surface area contributed by atoms with E-state index in [1.165, 1.54) is 10.6 Å². The summed E-state index contributed by atoms with van der Waals surface area (Å²) in [5.41, 5.74) is 1.53. The molecule has 10 heteroatoms. The van der Waals surface area contributed by atoms with Gasteiger partial charge in [-0.3, -0.25) is 0 Å². The SMILES string of the molecule is Cn1nc(I)c2ncc(N3CCN(S(C)(=O)=O)CC3)nc21. The van der Waals surface area contributed by atoms with Crippen LogP contribution in [0.1, 0.15) is 0 Å². The lowest BCUT2D eigenvalue weighted by Gasteiger charge is -2.33. The lowest BCUT2D eigenvalue weighted by atomic mass is 10.3. The van der Waals surface area contributed by atoms with Crippen LogP contribution in [0, 0.1) is 3.70 Å². The number of aromatic nitrogens is 4. The molecule has 0 saturated carbocycles. The molecule has 1 saturated heterocycles. The van der Waals surface area contributed by atoms with E-state index in [4.69, 9.17) is 0 Å². The monoisotopic (exact) mass is 422 g/mol. The van der Waals surface area contributed by atoms with E-state index in [1.54, 1.807) is 10.9 Å². The Labute approximate surface area is 136 Å². The molecule has 1 aliphatic heterocycles. The maximum Gasteiger partial charge on any atom is 0.211 e. The lowest BCUT2D eigenvalue weighted by molar-refractivity contribution is 0.387. The van der Waals surface area contributed by atoms with Crippen LogP contribution < -0.4 is 4.90 Å². The zero-order valence-corrected chi connectivity index (χ0v) is 14.7. The number of nitrogens with zero attached hydrogens (tertiary/aromatic N) is 6. The van der Waals surface area contributed by atoms with Gasteiger partial charge in [0.1, 0.15) is 11.3 Å². The fraction of sp³-hybridized carbons (Fsp3) is 0.545. The summed E-state index contributed by atoms with van der Waals surface area (Å²) in [6.07, 6.45) is 2.97. The Balaban J connectivity index is 1.84. The molecule has 0 radical (unpaired) electrons. The van der Waals surface area contributed by atoms with Gasteiger partial charge in [-0.05, 0) is 22.6 Å². The van der Waals surface area contributed by atoms with Crippen LogP contribution in [0.4, 0.5) is 5.82 Å². The first-order valence-electron chi connectivity index (χ1n) is 6.41. The Bertz CT molecular complexity index is 781. The smallest absolute Gasteiger partial charge is 0.211 e. The molecule has 1 fully saturated rings. The molecule has 0 atom stereocenters. The second-order valence-electron chi connectivity index (χ2n) is 4.96. The summed E-state index contributed by atoms with van der Waals surface area (Å²) in [6.45, 7) is 2.17. The molecular weight excluding hydrogens is 407 g/mol. The van der Waals surface area contributed by atoms with Gasteiger partial charge in [0, 0.05) is 33.2 Å². The van der Waals surface area contributed by atoms with Crippen LogP contribution in [0.5, 0.6) is 0 Å². The number of piperazine rings is 1. The summed E-state index contributed by atoms with van der Waals surface area (Å²) in [4.78, 5) is 11.1. The number of halogens is 1. The van der Waals surface area contributed by atoms with Gasteiger partial charge in [-0.2, -0.15) is 9.40 Å². The summed E-state index contributed by atoms with van der Waals surface area (Å²) in [5, 5.41) is 4.29. The first kappa shape index (κ1) is 14.9. The molecule has 0 bridgehead atoms. The Hall–Kier alpha value is -1.01. The highest BCUT2D eigenvalue weighted by Crippen LogP contribution is 2.20. The lowest BCUT2D eigenvalue weighted by Crippen LogP contribution is -2.48. The molecule has 3 rings (SSSR count). The number of hydrogen-bond acceptors (Lipinski definition) is 6. The van der Waals surface area contributed by atoms with Crippen LogP contribution in [-0.4, -0.2) is 64.9 Å². The number of fused-ring (bicyclic) bond motifs is 1. The number of anilines is 1. The molecule has 8 nitrogen and oxygen atoms in total. The molecule has 21 heavy (non-hydrogen) atoms. The predicted molar refractivity (Wildman–Crippen MR) is 87.7 cm³/mol. The third kappa shape index (κ3) is 2.83. The molecule has 2 aromatic rings. The topological polar surface area (TPSA) is 84.2 Å². The third-order valence-corrected chi connectivity index (χ3v) is 5.54. The average molecular weight is 422 g/mol. The highest BCUT2D eigenvalue weighted by Gasteiger charge is 2.24. The third-order valence-electron chi connectivity index (χ3n) is 3.51. The molecule has 114 valence electrons. The van der Waals surface area contributed by atoms with Crippen molar-refractivity contribution >= 4 is 49.6 Å². The van der Waals surface area contributed by atoms with E-state index in [9.17, 15) is 8.42 Å². The number of hydrogen-bond donors (Lipinski definition) is 0. The van der Waals surface area contributed by atoms with Crippen LogP contribution in [0.3, 0.4) is 0 Å². The second-order valence-corrected chi connectivity index (χ2v) is 7.97. The van der Waals surface area contributed by atoms with Crippen molar-refractivity contribution in [2.75, 3.05) is 37.3 Å². The van der Waals surface area contributed by atoms with Gasteiger partial charge in [0.2, 0.25) is 10.0 Å². The molecular formula is C11H15IN6O2S. The number of rotatable bonds is 2. The molecule has 0 aromatic carbocycles. The second kappa shape index (κ2) is 5.32. The predicted octanol–water partition coefficient (Wildman–Crippen LogP) is 0.0495. The molecule has 3 heterocycles. The van der Waals surface area contributed by atoms with Crippen LogP contribution >= 0.6 is 22.6 Å². The summed E-state index contributed by atoms with van der Waals surface area (Å²) >= 11 is 2.14. The fourth-order valence-corrected chi connectivity index (χ4v) is 3.90. The molecule has 0 unspecified atom stereocenters. The first-order chi connectivity index (χ1) is 9.86. The van der Waals surface area contributed by atoms with E-state index < -0.39 is 10.0 Å². The van der Waals surface area contributed by atoms with E-state index >= 15 is 0 Å². The minimum atomic E-state index is -3.11. The molecule has 0 amide bonds. The van der Waals surface area contributed by atoms with Crippen molar-refractivity contribution in [2.24, 2.45) is 7.05 Å². The van der Waals surface area contributed by atoms with Crippen molar-refractivity contribution < 1.29 is 8.42 Å². The zero-order chi connectivity index (χ0) is 15.2. The van der Waals surface area contributed by atoms with Gasteiger partial charge in [0.05, 0.1) is 12.5 Å². The maximum atomic E-state index is 11.5. The summed E-state index contributed by atoms with van der Waals surface area (Å²) < 4.78 is 27.1. The molecule has 0 N–H and O–H groups in total. The zero-order valence-electron chi connectivity index (χ0n) is 11.7. The Morgan fingerprint density at radius 1 is 1.24 bits per heavy atom. The largest absolute Gasteiger partial charge is 0.353 e. The van der Waals surface area contributed by atoms with E-state index in [2.05, 4.69) is 37.7 Å².